The fourth-order valence-electron chi connectivity index (χ4n) is 2.96. The summed E-state index contributed by atoms with van der Waals surface area (Å²) in [4.78, 5) is 18.2. The predicted octanol–water partition coefficient (Wildman–Crippen LogP) is 3.62. The van der Waals surface area contributed by atoms with E-state index in [9.17, 15) is 4.79 Å². The molecule has 0 unspecified atom stereocenters. The van der Waals surface area contributed by atoms with E-state index in [0.717, 1.165) is 18.5 Å². The van der Waals surface area contributed by atoms with Crippen LogP contribution in [0.25, 0.3) is 11.6 Å². The van der Waals surface area contributed by atoms with Crippen LogP contribution < -0.4 is 5.32 Å². The summed E-state index contributed by atoms with van der Waals surface area (Å²) in [5.41, 5.74) is 1.15. The van der Waals surface area contributed by atoms with Crippen LogP contribution in [0.2, 0.25) is 0 Å². The van der Waals surface area contributed by atoms with Gasteiger partial charge in [-0.25, -0.2) is 4.98 Å². The molecule has 0 spiro atoms. The van der Waals surface area contributed by atoms with Gasteiger partial charge in [0, 0.05) is 11.4 Å². The highest BCUT2D eigenvalue weighted by molar-refractivity contribution is 7.99. The molecule has 9 heteroatoms. The van der Waals surface area contributed by atoms with Crippen molar-refractivity contribution < 1.29 is 9.21 Å². The number of rotatable bonds is 6. The first kappa shape index (κ1) is 17.3. The number of carbonyl (C=O) groups is 1. The van der Waals surface area contributed by atoms with Gasteiger partial charge in [0.05, 0.1) is 17.7 Å². The third-order valence-electron chi connectivity index (χ3n) is 4.20. The van der Waals surface area contributed by atoms with Crippen molar-refractivity contribution in [1.29, 1.82) is 0 Å². The van der Waals surface area contributed by atoms with Crippen LogP contribution in [0.15, 0.2) is 28.0 Å². The van der Waals surface area contributed by atoms with E-state index >= 15 is 0 Å². The minimum absolute atomic E-state index is 0.0775. The van der Waals surface area contributed by atoms with E-state index in [4.69, 9.17) is 4.42 Å². The number of thiazole rings is 1. The number of nitrogens with one attached hydrogen (secondary N) is 1. The maximum atomic E-state index is 12.3. The van der Waals surface area contributed by atoms with Gasteiger partial charge >= 0.3 is 0 Å². The summed E-state index contributed by atoms with van der Waals surface area (Å²) >= 11 is 2.96. The molecule has 4 rings (SSSR count). The summed E-state index contributed by atoms with van der Waals surface area (Å²) in [5, 5.41) is 12.7. The molecule has 0 atom stereocenters. The van der Waals surface area contributed by atoms with Crippen LogP contribution >= 0.6 is 23.1 Å². The lowest BCUT2D eigenvalue weighted by Crippen LogP contribution is -2.14. The van der Waals surface area contributed by atoms with Gasteiger partial charge in [-0.05, 0) is 44.7 Å². The summed E-state index contributed by atoms with van der Waals surface area (Å²) in [7, 11) is 0. The minimum atomic E-state index is -0.0775. The summed E-state index contributed by atoms with van der Waals surface area (Å²) in [6, 6.07) is 3.67. The molecule has 0 aliphatic heterocycles. The third kappa shape index (κ3) is 3.54. The molecule has 0 fully saturated rings. The number of furan rings is 1. The van der Waals surface area contributed by atoms with Gasteiger partial charge < -0.3 is 9.73 Å². The van der Waals surface area contributed by atoms with Gasteiger partial charge in [0.25, 0.3) is 0 Å². The molecule has 0 aromatic carbocycles. The van der Waals surface area contributed by atoms with E-state index in [1.54, 1.807) is 17.6 Å². The SMILES string of the molecule is CCn1c(SCC(=O)Nc2nc3c(s2)CCCC3)nnc1-c1ccco1. The van der Waals surface area contributed by atoms with Gasteiger partial charge in [-0.2, -0.15) is 0 Å². The van der Waals surface area contributed by atoms with E-state index < -0.39 is 0 Å². The molecule has 26 heavy (non-hydrogen) atoms. The molecular formula is C17H19N5O2S2. The molecule has 7 nitrogen and oxygen atoms in total. The van der Waals surface area contributed by atoms with E-state index in [1.807, 2.05) is 23.6 Å². The molecule has 3 heterocycles. The van der Waals surface area contributed by atoms with Crippen LogP contribution in [-0.2, 0) is 24.2 Å². The van der Waals surface area contributed by atoms with Crippen molar-refractivity contribution in [3.63, 3.8) is 0 Å². The lowest BCUT2D eigenvalue weighted by atomic mass is 10.0. The van der Waals surface area contributed by atoms with Crippen molar-refractivity contribution in [2.45, 2.75) is 44.3 Å². The van der Waals surface area contributed by atoms with Crippen molar-refractivity contribution in [3.05, 3.63) is 29.0 Å². The van der Waals surface area contributed by atoms with E-state index in [-0.39, 0.29) is 11.7 Å². The van der Waals surface area contributed by atoms with Crippen LogP contribution in [0, 0.1) is 0 Å². The monoisotopic (exact) mass is 389 g/mol. The third-order valence-corrected chi connectivity index (χ3v) is 6.24. The number of thioether (sulfide) groups is 1. The molecule has 1 amide bonds. The Hall–Kier alpha value is -2.13. The van der Waals surface area contributed by atoms with Gasteiger partial charge in [0.1, 0.15) is 0 Å². The summed E-state index contributed by atoms with van der Waals surface area (Å²) in [5.74, 6) is 1.53. The largest absolute Gasteiger partial charge is 0.461 e. The average Bonchev–Trinajstić information content (AvgIpc) is 3.37. The lowest BCUT2D eigenvalue weighted by Gasteiger charge is -2.06. The van der Waals surface area contributed by atoms with Crippen LogP contribution in [-0.4, -0.2) is 31.4 Å². The molecule has 0 saturated carbocycles. The quantitative estimate of drug-likeness (QED) is 0.648. The molecule has 1 N–H and O–H groups in total. The molecule has 1 aliphatic carbocycles. The van der Waals surface area contributed by atoms with Crippen molar-refractivity contribution in [1.82, 2.24) is 19.7 Å². The zero-order chi connectivity index (χ0) is 17.9. The molecule has 0 bridgehead atoms. The number of anilines is 1. The number of carbonyl (C=O) groups excluding carboxylic acids is 1. The Labute approximate surface area is 159 Å². The smallest absolute Gasteiger partial charge is 0.236 e. The van der Waals surface area contributed by atoms with Crippen LogP contribution in [0.1, 0.15) is 30.3 Å². The zero-order valence-electron chi connectivity index (χ0n) is 14.4. The maximum Gasteiger partial charge on any atom is 0.236 e. The molecular weight excluding hydrogens is 370 g/mol. The summed E-state index contributed by atoms with van der Waals surface area (Å²) in [6.07, 6.45) is 6.10. The second kappa shape index (κ2) is 7.63. The fourth-order valence-corrected chi connectivity index (χ4v) is 4.83. The average molecular weight is 390 g/mol. The highest BCUT2D eigenvalue weighted by Crippen LogP contribution is 2.30. The van der Waals surface area contributed by atoms with Crippen LogP contribution in [0.5, 0.6) is 0 Å². The molecule has 3 aromatic heterocycles. The van der Waals surface area contributed by atoms with Crippen LogP contribution in [0.4, 0.5) is 5.13 Å². The molecule has 3 aromatic rings. The number of hydrogen-bond acceptors (Lipinski definition) is 7. The van der Waals surface area contributed by atoms with Gasteiger partial charge in [0.2, 0.25) is 5.91 Å². The number of hydrogen-bond donors (Lipinski definition) is 1. The second-order valence-corrected chi connectivity index (χ2v) is 7.99. The molecule has 1 aliphatic rings. The Morgan fingerprint density at radius 3 is 3.04 bits per heavy atom. The highest BCUT2D eigenvalue weighted by atomic mass is 32.2. The minimum Gasteiger partial charge on any atom is -0.461 e. The highest BCUT2D eigenvalue weighted by Gasteiger charge is 2.18. The molecule has 136 valence electrons. The van der Waals surface area contributed by atoms with E-state index in [0.29, 0.717) is 28.4 Å². The van der Waals surface area contributed by atoms with Gasteiger partial charge in [-0.15, -0.1) is 21.5 Å². The second-order valence-electron chi connectivity index (χ2n) is 5.96. The topological polar surface area (TPSA) is 85.8 Å². The number of fused-ring (bicyclic) bond motifs is 1. The van der Waals surface area contributed by atoms with E-state index in [2.05, 4.69) is 20.5 Å². The van der Waals surface area contributed by atoms with Gasteiger partial charge in [-0.1, -0.05) is 11.8 Å². The zero-order valence-corrected chi connectivity index (χ0v) is 16.0. The number of aromatic nitrogens is 4. The van der Waals surface area contributed by atoms with Crippen molar-refractivity contribution >= 4 is 34.1 Å². The van der Waals surface area contributed by atoms with Crippen LogP contribution in [0.3, 0.4) is 0 Å². The van der Waals surface area contributed by atoms with Crippen molar-refractivity contribution in [2.24, 2.45) is 0 Å². The van der Waals surface area contributed by atoms with Crippen molar-refractivity contribution in [3.8, 4) is 11.6 Å². The van der Waals surface area contributed by atoms with Gasteiger partial charge in [-0.3, -0.25) is 9.36 Å². The maximum absolute atomic E-state index is 12.3. The molecule has 0 saturated heterocycles. The van der Waals surface area contributed by atoms with Crippen molar-refractivity contribution in [2.75, 3.05) is 11.1 Å². The fraction of sp³-hybridized carbons (Fsp3) is 0.412. The molecule has 0 radical (unpaired) electrons. The normalized spacial score (nSPS) is 13.6. The first-order chi connectivity index (χ1) is 12.7. The van der Waals surface area contributed by atoms with Gasteiger partial charge in [0.15, 0.2) is 21.9 Å². The Bertz CT molecular complexity index is 877. The summed E-state index contributed by atoms with van der Waals surface area (Å²) in [6.45, 7) is 2.71. The first-order valence-corrected chi connectivity index (χ1v) is 10.4. The number of amides is 1. The Kier molecular flexibility index (Phi) is 5.07. The standard InChI is InChI=1S/C17H19N5O2S2/c1-2-22-15(12-7-5-9-24-12)20-21-17(22)25-10-14(23)19-16-18-11-6-3-4-8-13(11)26-16/h5,7,9H,2-4,6,8,10H2,1H3,(H,18,19,23). The predicted molar refractivity (Wildman–Crippen MR) is 102 cm³/mol. The Morgan fingerprint density at radius 2 is 2.27 bits per heavy atom. The number of aryl methyl sites for hydroxylation is 2. The first-order valence-electron chi connectivity index (χ1n) is 8.63. The lowest BCUT2D eigenvalue weighted by molar-refractivity contribution is -0.113. The Morgan fingerprint density at radius 1 is 1.38 bits per heavy atom. The summed E-state index contributed by atoms with van der Waals surface area (Å²) < 4.78 is 7.34. The van der Waals surface area contributed by atoms with E-state index in [1.165, 1.54) is 29.5 Å². The Balaban J connectivity index is 1.39. The number of nitrogens with zero attached hydrogens (tertiary/aromatic N) is 4.